The fourth-order valence-corrected chi connectivity index (χ4v) is 4.17. The first-order valence-electron chi connectivity index (χ1n) is 7.58. The van der Waals surface area contributed by atoms with Crippen LogP contribution in [0.4, 0.5) is 5.82 Å². The van der Waals surface area contributed by atoms with Crippen LogP contribution < -0.4 is 10.6 Å². The summed E-state index contributed by atoms with van der Waals surface area (Å²) in [5.41, 5.74) is 7.09. The zero-order valence-electron chi connectivity index (χ0n) is 12.1. The zero-order chi connectivity index (χ0) is 14.2. The van der Waals surface area contributed by atoms with Crippen LogP contribution in [0.3, 0.4) is 0 Å². The van der Waals surface area contributed by atoms with Gasteiger partial charge in [-0.3, -0.25) is 9.30 Å². The third-order valence-electron chi connectivity index (χ3n) is 4.56. The molecular weight excluding hydrogens is 286 g/mol. The Kier molecular flexibility index (Phi) is 3.58. The Morgan fingerprint density at radius 3 is 3.00 bits per heavy atom. The summed E-state index contributed by atoms with van der Waals surface area (Å²) >= 11 is 1.67. The molecule has 2 aromatic heterocycles. The van der Waals surface area contributed by atoms with Gasteiger partial charge in [0.2, 0.25) is 0 Å². The lowest BCUT2D eigenvalue weighted by Crippen LogP contribution is -2.44. The minimum atomic E-state index is 0.534. The molecule has 0 amide bonds. The Hall–Kier alpha value is -1.15. The van der Waals surface area contributed by atoms with Gasteiger partial charge in [0.05, 0.1) is 18.9 Å². The van der Waals surface area contributed by atoms with Crippen molar-refractivity contribution in [2.45, 2.75) is 19.0 Å². The lowest BCUT2D eigenvalue weighted by molar-refractivity contribution is 0.0209. The SMILES string of the molecule is NCc1c(N2CCC(N3CCOCC3)C2)nc2sccn12. The molecule has 1 unspecified atom stereocenters. The van der Waals surface area contributed by atoms with Gasteiger partial charge >= 0.3 is 0 Å². The lowest BCUT2D eigenvalue weighted by atomic mass is 10.2. The first-order valence-corrected chi connectivity index (χ1v) is 8.46. The molecule has 0 saturated carbocycles. The number of nitrogens with two attached hydrogens (primary N) is 1. The number of fused-ring (bicyclic) bond motifs is 1. The van der Waals surface area contributed by atoms with Crippen molar-refractivity contribution in [1.29, 1.82) is 0 Å². The van der Waals surface area contributed by atoms with E-state index in [1.165, 1.54) is 6.42 Å². The van der Waals surface area contributed by atoms with Crippen molar-refractivity contribution in [2.75, 3.05) is 44.3 Å². The number of anilines is 1. The summed E-state index contributed by atoms with van der Waals surface area (Å²) in [6.07, 6.45) is 3.27. The van der Waals surface area contributed by atoms with E-state index >= 15 is 0 Å². The number of hydrogen-bond acceptors (Lipinski definition) is 6. The highest BCUT2D eigenvalue weighted by Gasteiger charge is 2.31. The van der Waals surface area contributed by atoms with E-state index in [1.807, 2.05) is 0 Å². The number of nitrogens with zero attached hydrogens (tertiary/aromatic N) is 4. The maximum atomic E-state index is 5.96. The molecule has 1 atom stereocenters. The van der Waals surface area contributed by atoms with Crippen LogP contribution in [0.25, 0.3) is 4.96 Å². The normalized spacial score (nSPS) is 24.2. The molecule has 6 nitrogen and oxygen atoms in total. The van der Waals surface area contributed by atoms with Crippen molar-refractivity contribution in [3.8, 4) is 0 Å². The molecule has 0 aromatic carbocycles. The molecule has 2 saturated heterocycles. The van der Waals surface area contributed by atoms with Crippen molar-refractivity contribution < 1.29 is 4.74 Å². The second-order valence-corrected chi connectivity index (χ2v) is 6.55. The Morgan fingerprint density at radius 2 is 2.19 bits per heavy atom. The molecule has 0 aliphatic carbocycles. The molecule has 2 aromatic rings. The van der Waals surface area contributed by atoms with Gasteiger partial charge in [-0.1, -0.05) is 0 Å². The zero-order valence-corrected chi connectivity index (χ0v) is 12.9. The Labute approximate surface area is 128 Å². The quantitative estimate of drug-likeness (QED) is 0.907. The van der Waals surface area contributed by atoms with E-state index in [4.69, 9.17) is 15.5 Å². The van der Waals surface area contributed by atoms with E-state index in [9.17, 15) is 0 Å². The van der Waals surface area contributed by atoms with Gasteiger partial charge in [-0.05, 0) is 6.42 Å². The third kappa shape index (κ3) is 2.34. The molecule has 2 N–H and O–H groups in total. The second-order valence-electron chi connectivity index (χ2n) is 5.68. The Morgan fingerprint density at radius 1 is 1.33 bits per heavy atom. The molecule has 2 aliphatic rings. The van der Waals surface area contributed by atoms with Crippen LogP contribution in [0.5, 0.6) is 0 Å². The predicted octanol–water partition coefficient (Wildman–Crippen LogP) is 0.765. The van der Waals surface area contributed by atoms with Crippen LogP contribution in [0.15, 0.2) is 11.6 Å². The summed E-state index contributed by atoms with van der Waals surface area (Å²) in [5, 5.41) is 2.06. The maximum Gasteiger partial charge on any atom is 0.195 e. The van der Waals surface area contributed by atoms with Gasteiger partial charge in [0.25, 0.3) is 0 Å². The van der Waals surface area contributed by atoms with E-state index in [0.29, 0.717) is 12.6 Å². The van der Waals surface area contributed by atoms with Gasteiger partial charge in [-0.15, -0.1) is 11.3 Å². The van der Waals surface area contributed by atoms with Crippen LogP contribution in [0, 0.1) is 0 Å². The molecule has 0 radical (unpaired) electrons. The topological polar surface area (TPSA) is 59.0 Å². The monoisotopic (exact) mass is 307 g/mol. The third-order valence-corrected chi connectivity index (χ3v) is 5.31. The fourth-order valence-electron chi connectivity index (χ4n) is 3.44. The molecule has 4 heterocycles. The van der Waals surface area contributed by atoms with E-state index in [0.717, 1.165) is 55.9 Å². The van der Waals surface area contributed by atoms with Gasteiger partial charge < -0.3 is 15.4 Å². The number of aromatic nitrogens is 2. The molecule has 0 spiro atoms. The van der Waals surface area contributed by atoms with E-state index in [-0.39, 0.29) is 0 Å². The van der Waals surface area contributed by atoms with Gasteiger partial charge in [0.1, 0.15) is 0 Å². The van der Waals surface area contributed by atoms with Crippen molar-refractivity contribution >= 4 is 22.1 Å². The first-order chi connectivity index (χ1) is 10.4. The van der Waals surface area contributed by atoms with Gasteiger partial charge in [-0.2, -0.15) is 0 Å². The van der Waals surface area contributed by atoms with Crippen LogP contribution in [-0.4, -0.2) is 59.7 Å². The van der Waals surface area contributed by atoms with E-state index in [1.54, 1.807) is 11.3 Å². The van der Waals surface area contributed by atoms with Crippen LogP contribution >= 0.6 is 11.3 Å². The number of imidazole rings is 1. The standard InChI is InChI=1S/C14H21N5OS/c15-9-12-13(16-14-19(12)5-8-21-14)18-2-1-11(10-18)17-3-6-20-7-4-17/h5,8,11H,1-4,6-7,9-10,15H2. The number of ether oxygens (including phenoxy) is 1. The molecule has 2 aliphatic heterocycles. The van der Waals surface area contributed by atoms with E-state index in [2.05, 4.69) is 25.8 Å². The summed E-state index contributed by atoms with van der Waals surface area (Å²) < 4.78 is 7.58. The first kappa shape index (κ1) is 13.5. The summed E-state index contributed by atoms with van der Waals surface area (Å²) in [6, 6.07) is 0.624. The minimum absolute atomic E-state index is 0.534. The number of morpholine rings is 1. The van der Waals surface area contributed by atoms with Gasteiger partial charge in [-0.25, -0.2) is 4.98 Å². The van der Waals surface area contributed by atoms with Crippen molar-refractivity contribution in [3.63, 3.8) is 0 Å². The summed E-state index contributed by atoms with van der Waals surface area (Å²) in [7, 11) is 0. The molecule has 114 valence electrons. The summed E-state index contributed by atoms with van der Waals surface area (Å²) in [5.74, 6) is 1.08. The molecular formula is C14H21N5OS. The van der Waals surface area contributed by atoms with Gasteiger partial charge in [0, 0.05) is 50.3 Å². The lowest BCUT2D eigenvalue weighted by Gasteiger charge is -2.32. The maximum absolute atomic E-state index is 5.96. The van der Waals surface area contributed by atoms with Crippen LogP contribution in [0.1, 0.15) is 12.1 Å². The average Bonchev–Trinajstić information content (AvgIpc) is 3.22. The molecule has 0 bridgehead atoms. The minimum Gasteiger partial charge on any atom is -0.379 e. The smallest absolute Gasteiger partial charge is 0.195 e. The highest BCUT2D eigenvalue weighted by molar-refractivity contribution is 7.15. The van der Waals surface area contributed by atoms with E-state index < -0.39 is 0 Å². The molecule has 4 rings (SSSR count). The molecule has 7 heteroatoms. The highest BCUT2D eigenvalue weighted by atomic mass is 32.1. The molecule has 2 fully saturated rings. The van der Waals surface area contributed by atoms with Gasteiger partial charge in [0.15, 0.2) is 10.8 Å². The summed E-state index contributed by atoms with van der Waals surface area (Å²) in [6.45, 7) is 6.50. The second kappa shape index (κ2) is 5.57. The number of thiazole rings is 1. The van der Waals surface area contributed by atoms with Crippen molar-refractivity contribution in [1.82, 2.24) is 14.3 Å². The Balaban J connectivity index is 1.54. The Bertz CT molecular complexity index is 618. The number of rotatable bonds is 3. The fraction of sp³-hybridized carbons (Fsp3) is 0.643. The van der Waals surface area contributed by atoms with Crippen molar-refractivity contribution in [2.24, 2.45) is 5.73 Å². The number of hydrogen-bond donors (Lipinski definition) is 1. The van der Waals surface area contributed by atoms with Crippen molar-refractivity contribution in [3.05, 3.63) is 17.3 Å². The van der Waals surface area contributed by atoms with Crippen LogP contribution in [-0.2, 0) is 11.3 Å². The predicted molar refractivity (Wildman–Crippen MR) is 84.0 cm³/mol. The average molecular weight is 307 g/mol. The van der Waals surface area contributed by atoms with Crippen LogP contribution in [0.2, 0.25) is 0 Å². The molecule has 21 heavy (non-hydrogen) atoms. The summed E-state index contributed by atoms with van der Waals surface area (Å²) in [4.78, 5) is 10.8. The largest absolute Gasteiger partial charge is 0.379 e. The highest BCUT2D eigenvalue weighted by Crippen LogP contribution is 2.28.